The second-order valence-corrected chi connectivity index (χ2v) is 5.00. The Kier molecular flexibility index (Phi) is 7.77. The van der Waals surface area contributed by atoms with Gasteiger partial charge in [-0.25, -0.2) is 0 Å². The zero-order chi connectivity index (χ0) is 9.45. The van der Waals surface area contributed by atoms with Crippen LogP contribution in [0.1, 0.15) is 13.8 Å². The molecule has 1 N–H and O–H groups in total. The van der Waals surface area contributed by atoms with Gasteiger partial charge in [-0.15, -0.1) is 0 Å². The van der Waals surface area contributed by atoms with E-state index in [4.69, 9.17) is 9.05 Å². The zero-order valence-corrected chi connectivity index (χ0v) is 10.4. The van der Waals surface area contributed by atoms with Crippen LogP contribution in [0.3, 0.4) is 0 Å². The van der Waals surface area contributed by atoms with E-state index < -0.39 is 7.60 Å². The van der Waals surface area contributed by atoms with Crippen LogP contribution in [-0.4, -0.2) is 25.9 Å². The molecule has 0 heterocycles. The molecule has 0 atom stereocenters. The number of nitrogens with one attached hydrogen (secondary N) is 1. The molecule has 0 unspecified atom stereocenters. The van der Waals surface area contributed by atoms with Crippen LogP contribution in [-0.2, 0) is 13.6 Å². The molecule has 0 aromatic rings. The molecule has 4 nitrogen and oxygen atoms in total. The molecule has 0 saturated carbocycles. The van der Waals surface area contributed by atoms with Gasteiger partial charge in [-0.3, -0.25) is 8.10 Å². The van der Waals surface area contributed by atoms with Crippen molar-refractivity contribution >= 4 is 30.5 Å². The highest BCUT2D eigenvalue weighted by molar-refractivity contribution is 14.1. The number of rotatable bonds is 7. The molecule has 0 aliphatic carbocycles. The van der Waals surface area contributed by atoms with Gasteiger partial charge in [-0.1, -0.05) is 0 Å². The van der Waals surface area contributed by atoms with Gasteiger partial charge in [0.15, 0.2) is 0 Å². The molecule has 12 heavy (non-hydrogen) atoms. The molecule has 0 radical (unpaired) electrons. The Bertz CT molecular complexity index is 146. The van der Waals surface area contributed by atoms with E-state index in [1.165, 1.54) is 0 Å². The lowest BCUT2D eigenvalue weighted by Gasteiger charge is -2.15. The van der Waals surface area contributed by atoms with Crippen LogP contribution in [0, 0.1) is 0 Å². The summed E-state index contributed by atoms with van der Waals surface area (Å²) >= 11 is 2.00. The van der Waals surface area contributed by atoms with Crippen molar-refractivity contribution in [2.75, 3.05) is 25.9 Å². The molecule has 0 aliphatic rings. The Labute approximate surface area is 87.4 Å². The van der Waals surface area contributed by atoms with Gasteiger partial charge in [0, 0.05) is 29.4 Å². The van der Waals surface area contributed by atoms with Gasteiger partial charge in [-0.05, 0) is 13.8 Å². The molecular weight excluding hydrogens is 292 g/mol. The fraction of sp³-hybridized carbons (Fsp3) is 1.00. The largest absolute Gasteiger partial charge is 0.331 e. The van der Waals surface area contributed by atoms with E-state index in [-0.39, 0.29) is 0 Å². The summed E-state index contributed by atoms with van der Waals surface area (Å²) in [5.41, 5.74) is 0. The third kappa shape index (κ3) is 5.48. The van der Waals surface area contributed by atoms with E-state index in [9.17, 15) is 4.57 Å². The van der Waals surface area contributed by atoms with E-state index in [1.807, 2.05) is 36.7 Å². The average Bonchev–Trinajstić information content (AvgIpc) is 2.02. The minimum Gasteiger partial charge on any atom is -0.309 e. The van der Waals surface area contributed by atoms with E-state index >= 15 is 0 Å². The molecule has 0 bridgehead atoms. The molecule has 0 rings (SSSR count). The molecule has 6 heteroatoms. The number of hydrogen-bond donors (Lipinski definition) is 1. The topological polar surface area (TPSA) is 47.6 Å². The predicted octanol–water partition coefficient (Wildman–Crippen LogP) is 2.19. The molecule has 0 amide bonds. The van der Waals surface area contributed by atoms with Crippen LogP contribution < -0.4 is 3.53 Å². The van der Waals surface area contributed by atoms with Crippen LogP contribution in [0.5, 0.6) is 0 Å². The average molecular weight is 307 g/mol. The first-order valence-electron chi connectivity index (χ1n) is 3.90. The molecule has 0 aromatic heterocycles. The minimum atomic E-state index is -2.80. The first kappa shape index (κ1) is 12.8. The van der Waals surface area contributed by atoms with Crippen molar-refractivity contribution in [2.24, 2.45) is 0 Å². The first-order chi connectivity index (χ1) is 5.68. The summed E-state index contributed by atoms with van der Waals surface area (Å²) in [5.74, 6) is 0. The maximum atomic E-state index is 11.7. The van der Waals surface area contributed by atoms with Crippen molar-refractivity contribution in [2.45, 2.75) is 13.8 Å². The maximum Gasteiger partial charge on any atom is 0.331 e. The molecule has 0 saturated heterocycles. The van der Waals surface area contributed by atoms with Crippen molar-refractivity contribution in [1.29, 1.82) is 0 Å². The van der Waals surface area contributed by atoms with Crippen molar-refractivity contribution in [3.63, 3.8) is 0 Å². The van der Waals surface area contributed by atoms with Crippen LogP contribution in [0.15, 0.2) is 0 Å². The normalized spacial score (nSPS) is 11.9. The van der Waals surface area contributed by atoms with Gasteiger partial charge in [0.05, 0.1) is 19.4 Å². The van der Waals surface area contributed by atoms with Crippen molar-refractivity contribution in [3.8, 4) is 0 Å². The lowest BCUT2D eigenvalue weighted by molar-refractivity contribution is 0.220. The predicted molar refractivity (Wildman–Crippen MR) is 57.7 cm³/mol. The second kappa shape index (κ2) is 7.26. The fourth-order valence-corrected chi connectivity index (χ4v) is 2.94. The lowest BCUT2D eigenvalue weighted by atomic mass is 10.8. The van der Waals surface area contributed by atoms with Gasteiger partial charge < -0.3 is 9.05 Å². The van der Waals surface area contributed by atoms with Crippen molar-refractivity contribution in [1.82, 2.24) is 3.53 Å². The number of hydrogen-bond acceptors (Lipinski definition) is 4. The maximum absolute atomic E-state index is 11.7. The minimum absolute atomic E-state index is 0.428. The SMILES string of the molecule is CCOP(=O)(CCNI)OCC. The standard InChI is InChI=1S/C6H15INO3P/c1-3-10-12(9,11-4-2)6-5-8-7/h8H,3-6H2,1-2H3. The Morgan fingerprint density at radius 1 is 1.33 bits per heavy atom. The van der Waals surface area contributed by atoms with E-state index in [0.717, 1.165) is 0 Å². The third-order valence-corrected chi connectivity index (χ3v) is 3.75. The summed E-state index contributed by atoms with van der Waals surface area (Å²) in [6.45, 7) is 5.11. The highest BCUT2D eigenvalue weighted by atomic mass is 127. The summed E-state index contributed by atoms with van der Waals surface area (Å²) in [6, 6.07) is 0. The molecule has 0 aliphatic heterocycles. The highest BCUT2D eigenvalue weighted by Gasteiger charge is 2.21. The zero-order valence-electron chi connectivity index (χ0n) is 7.38. The second-order valence-electron chi connectivity index (χ2n) is 2.05. The molecular formula is C6H15INO3P. The summed E-state index contributed by atoms with van der Waals surface area (Å²) < 4.78 is 24.7. The number of halogens is 1. The Hall–Kier alpha value is 0.840. The van der Waals surface area contributed by atoms with Crippen LogP contribution in [0.4, 0.5) is 0 Å². The van der Waals surface area contributed by atoms with Crippen LogP contribution in [0.25, 0.3) is 0 Å². The van der Waals surface area contributed by atoms with Gasteiger partial charge in [0.1, 0.15) is 0 Å². The summed E-state index contributed by atoms with van der Waals surface area (Å²) in [7, 11) is -2.80. The molecule has 74 valence electrons. The van der Waals surface area contributed by atoms with Crippen molar-refractivity contribution in [3.05, 3.63) is 0 Å². The third-order valence-electron chi connectivity index (χ3n) is 1.13. The molecule has 0 spiro atoms. The van der Waals surface area contributed by atoms with Gasteiger partial charge in [-0.2, -0.15) is 0 Å². The van der Waals surface area contributed by atoms with Gasteiger partial charge >= 0.3 is 7.60 Å². The molecule has 0 aromatic carbocycles. The van der Waals surface area contributed by atoms with E-state index in [2.05, 4.69) is 3.53 Å². The summed E-state index contributed by atoms with van der Waals surface area (Å²) in [4.78, 5) is 0. The smallest absolute Gasteiger partial charge is 0.309 e. The fourth-order valence-electron chi connectivity index (χ4n) is 0.739. The quantitative estimate of drug-likeness (QED) is 0.445. The summed E-state index contributed by atoms with van der Waals surface area (Å²) in [6.07, 6.45) is 0.428. The van der Waals surface area contributed by atoms with Gasteiger partial charge in [0.25, 0.3) is 0 Å². The Morgan fingerprint density at radius 2 is 1.83 bits per heavy atom. The van der Waals surface area contributed by atoms with Crippen LogP contribution >= 0.6 is 30.5 Å². The van der Waals surface area contributed by atoms with Gasteiger partial charge in [0.2, 0.25) is 0 Å². The highest BCUT2D eigenvalue weighted by Crippen LogP contribution is 2.47. The Balaban J connectivity index is 3.90. The van der Waals surface area contributed by atoms with E-state index in [1.54, 1.807) is 0 Å². The van der Waals surface area contributed by atoms with Crippen molar-refractivity contribution < 1.29 is 13.6 Å². The monoisotopic (exact) mass is 307 g/mol. The van der Waals surface area contributed by atoms with Crippen LogP contribution in [0.2, 0.25) is 0 Å². The van der Waals surface area contributed by atoms with E-state index in [0.29, 0.717) is 25.9 Å². The lowest BCUT2D eigenvalue weighted by Crippen LogP contribution is -2.09. The first-order valence-corrected chi connectivity index (χ1v) is 6.70. The molecule has 0 fully saturated rings. The Morgan fingerprint density at radius 3 is 2.17 bits per heavy atom. The summed E-state index contributed by atoms with van der Waals surface area (Å²) in [5, 5.41) is 0.